The molecule has 0 bridgehead atoms. The van der Waals surface area contributed by atoms with Gasteiger partial charge in [-0.2, -0.15) is 0 Å². The van der Waals surface area contributed by atoms with Crippen molar-refractivity contribution in [1.29, 1.82) is 0 Å². The topological polar surface area (TPSA) is 78.8 Å². The van der Waals surface area contributed by atoms with Gasteiger partial charge in [-0.05, 0) is 12.1 Å². The minimum atomic E-state index is -1.41. The number of rotatable bonds is 4. The molecule has 3 N–H and O–H groups in total. The largest absolute Gasteiger partial charge is 0.478 e. The van der Waals surface area contributed by atoms with Gasteiger partial charge in [-0.25, -0.2) is 13.6 Å². The van der Waals surface area contributed by atoms with Gasteiger partial charge < -0.3 is 20.3 Å². The van der Waals surface area contributed by atoms with Crippen molar-refractivity contribution in [2.45, 2.75) is 18.4 Å². The number of ether oxygens (including phenoxy) is 1. The molecule has 1 saturated heterocycles. The van der Waals surface area contributed by atoms with E-state index in [1.807, 2.05) is 0 Å². The fourth-order valence-electron chi connectivity index (χ4n) is 2.05. The maximum atomic E-state index is 13.7. The molecule has 0 radical (unpaired) electrons. The minimum Gasteiger partial charge on any atom is -0.478 e. The first-order chi connectivity index (χ1) is 9.41. The zero-order valence-electron chi connectivity index (χ0n) is 10.7. The van der Waals surface area contributed by atoms with Gasteiger partial charge in [0.25, 0.3) is 0 Å². The predicted molar refractivity (Wildman–Crippen MR) is 66.8 cm³/mol. The van der Waals surface area contributed by atoms with Crippen LogP contribution in [0.15, 0.2) is 12.1 Å². The number of carbonyl (C=O) groups is 1. The fraction of sp³-hybridized carbons (Fsp3) is 0.462. The first-order valence-corrected chi connectivity index (χ1v) is 6.18. The maximum Gasteiger partial charge on any atom is 0.335 e. The third kappa shape index (κ3) is 3.23. The molecular weight excluding hydrogens is 272 g/mol. The van der Waals surface area contributed by atoms with Gasteiger partial charge >= 0.3 is 5.97 Å². The molecule has 1 aliphatic heterocycles. The van der Waals surface area contributed by atoms with E-state index < -0.39 is 34.5 Å². The Morgan fingerprint density at radius 3 is 2.35 bits per heavy atom. The van der Waals surface area contributed by atoms with Crippen molar-refractivity contribution in [3.8, 4) is 0 Å². The van der Waals surface area contributed by atoms with Crippen LogP contribution in [0.4, 0.5) is 14.5 Å². The number of nitrogens with one attached hydrogen (secondary N) is 1. The number of halogens is 2. The highest BCUT2D eigenvalue weighted by atomic mass is 19.1. The van der Waals surface area contributed by atoms with Crippen LogP contribution in [-0.2, 0) is 4.74 Å². The summed E-state index contributed by atoms with van der Waals surface area (Å²) in [6, 6.07) is 1.48. The molecule has 7 heteroatoms. The first kappa shape index (κ1) is 14.7. The van der Waals surface area contributed by atoms with Crippen LogP contribution in [0.3, 0.4) is 0 Å². The minimum absolute atomic E-state index is 0.0311. The average Bonchev–Trinajstić information content (AvgIpc) is 2.38. The summed E-state index contributed by atoms with van der Waals surface area (Å²) >= 11 is 0. The molecule has 1 aromatic rings. The number of hydrogen-bond acceptors (Lipinski definition) is 4. The summed E-state index contributed by atoms with van der Waals surface area (Å²) in [5.74, 6) is -3.41. The lowest BCUT2D eigenvalue weighted by atomic mass is 9.94. The van der Waals surface area contributed by atoms with Crippen molar-refractivity contribution in [2.75, 3.05) is 25.1 Å². The van der Waals surface area contributed by atoms with Crippen LogP contribution >= 0.6 is 0 Å². The van der Waals surface area contributed by atoms with Crippen LogP contribution < -0.4 is 5.32 Å². The molecule has 0 saturated carbocycles. The molecule has 0 aliphatic carbocycles. The standard InChI is InChI=1S/C13H15F2NO4/c14-9-5-8(12(17)18)6-10(15)11(9)16-7-13(19)1-3-20-4-2-13/h5-6,16,19H,1-4,7H2,(H,17,18). The lowest BCUT2D eigenvalue weighted by Gasteiger charge is -2.32. The maximum absolute atomic E-state index is 13.7. The lowest BCUT2D eigenvalue weighted by Crippen LogP contribution is -2.42. The van der Waals surface area contributed by atoms with E-state index >= 15 is 0 Å². The van der Waals surface area contributed by atoms with Gasteiger partial charge in [0.05, 0.1) is 11.2 Å². The van der Waals surface area contributed by atoms with E-state index in [0.29, 0.717) is 26.1 Å². The molecule has 0 atom stereocenters. The summed E-state index contributed by atoms with van der Waals surface area (Å²) in [6.07, 6.45) is 0.743. The Labute approximate surface area is 114 Å². The third-order valence-electron chi connectivity index (χ3n) is 3.31. The second-order valence-corrected chi connectivity index (χ2v) is 4.81. The second kappa shape index (κ2) is 5.72. The van der Waals surface area contributed by atoms with E-state index in [1.165, 1.54) is 0 Å². The Bertz CT molecular complexity index is 492. The first-order valence-electron chi connectivity index (χ1n) is 6.18. The van der Waals surface area contributed by atoms with Crippen LogP contribution in [0.5, 0.6) is 0 Å². The Kier molecular flexibility index (Phi) is 4.20. The van der Waals surface area contributed by atoms with Gasteiger partial charge in [0.2, 0.25) is 0 Å². The normalized spacial score (nSPS) is 17.8. The van der Waals surface area contributed by atoms with Crippen LogP contribution in [0.1, 0.15) is 23.2 Å². The van der Waals surface area contributed by atoms with Gasteiger partial charge in [-0.15, -0.1) is 0 Å². The zero-order chi connectivity index (χ0) is 14.8. The Balaban J connectivity index is 2.11. The third-order valence-corrected chi connectivity index (χ3v) is 3.31. The van der Waals surface area contributed by atoms with Crippen LogP contribution in [0, 0.1) is 11.6 Å². The van der Waals surface area contributed by atoms with Crippen molar-refractivity contribution in [1.82, 2.24) is 0 Å². The molecule has 0 spiro atoms. The predicted octanol–water partition coefficient (Wildman–Crippen LogP) is 1.62. The molecule has 110 valence electrons. The number of aliphatic hydroxyl groups is 1. The summed E-state index contributed by atoms with van der Waals surface area (Å²) in [5.41, 5.74) is -1.98. The molecule has 0 aromatic heterocycles. The molecule has 5 nitrogen and oxygen atoms in total. The number of carboxylic acid groups (broad SMARTS) is 1. The van der Waals surface area contributed by atoms with Crippen LogP contribution in [-0.4, -0.2) is 41.5 Å². The van der Waals surface area contributed by atoms with Crippen molar-refractivity contribution in [3.63, 3.8) is 0 Å². The molecule has 2 rings (SSSR count). The highest BCUT2D eigenvalue weighted by Crippen LogP contribution is 2.25. The summed E-state index contributed by atoms with van der Waals surface area (Å²) < 4.78 is 32.5. The molecule has 20 heavy (non-hydrogen) atoms. The number of benzene rings is 1. The Morgan fingerprint density at radius 1 is 1.30 bits per heavy atom. The van der Waals surface area contributed by atoms with Gasteiger partial charge in [0.1, 0.15) is 17.3 Å². The number of anilines is 1. The quantitative estimate of drug-likeness (QED) is 0.784. The molecule has 0 unspecified atom stereocenters. The molecule has 1 heterocycles. The Hall–Kier alpha value is -1.73. The van der Waals surface area contributed by atoms with E-state index in [4.69, 9.17) is 9.84 Å². The van der Waals surface area contributed by atoms with Crippen molar-refractivity contribution in [3.05, 3.63) is 29.3 Å². The van der Waals surface area contributed by atoms with Crippen molar-refractivity contribution >= 4 is 11.7 Å². The molecule has 0 amide bonds. The van der Waals surface area contributed by atoms with Gasteiger partial charge in [0, 0.05) is 32.6 Å². The monoisotopic (exact) mass is 287 g/mol. The van der Waals surface area contributed by atoms with Crippen molar-refractivity contribution in [2.24, 2.45) is 0 Å². The van der Waals surface area contributed by atoms with Crippen LogP contribution in [0.2, 0.25) is 0 Å². The molecule has 1 fully saturated rings. The number of aromatic carboxylic acids is 1. The fourth-order valence-corrected chi connectivity index (χ4v) is 2.05. The van der Waals surface area contributed by atoms with E-state index in [1.54, 1.807) is 0 Å². The summed E-state index contributed by atoms with van der Waals surface area (Å²) in [5, 5.41) is 21.4. The molecular formula is C13H15F2NO4. The SMILES string of the molecule is O=C(O)c1cc(F)c(NCC2(O)CCOCC2)c(F)c1. The highest BCUT2D eigenvalue weighted by molar-refractivity contribution is 5.88. The number of carboxylic acids is 1. The van der Waals surface area contributed by atoms with Crippen molar-refractivity contribution < 1.29 is 28.5 Å². The van der Waals surface area contributed by atoms with Gasteiger partial charge in [-0.3, -0.25) is 0 Å². The van der Waals surface area contributed by atoms with E-state index in [9.17, 15) is 18.7 Å². The summed E-state index contributed by atoms with van der Waals surface area (Å²) in [7, 11) is 0. The smallest absolute Gasteiger partial charge is 0.335 e. The van der Waals surface area contributed by atoms with Crippen LogP contribution in [0.25, 0.3) is 0 Å². The highest BCUT2D eigenvalue weighted by Gasteiger charge is 2.30. The van der Waals surface area contributed by atoms with E-state index in [2.05, 4.69) is 5.32 Å². The lowest BCUT2D eigenvalue weighted by molar-refractivity contribution is -0.0543. The van der Waals surface area contributed by atoms with Gasteiger partial charge in [-0.1, -0.05) is 0 Å². The Morgan fingerprint density at radius 2 is 1.85 bits per heavy atom. The summed E-state index contributed by atoms with van der Waals surface area (Å²) in [6.45, 7) is 0.749. The number of hydrogen-bond donors (Lipinski definition) is 3. The summed E-state index contributed by atoms with van der Waals surface area (Å²) in [4.78, 5) is 10.7. The molecule has 1 aromatic carbocycles. The second-order valence-electron chi connectivity index (χ2n) is 4.81. The van der Waals surface area contributed by atoms with E-state index in [-0.39, 0.29) is 6.54 Å². The average molecular weight is 287 g/mol. The van der Waals surface area contributed by atoms with Gasteiger partial charge in [0.15, 0.2) is 0 Å². The zero-order valence-corrected chi connectivity index (χ0v) is 10.7. The van der Waals surface area contributed by atoms with E-state index in [0.717, 1.165) is 12.1 Å². The molecule has 1 aliphatic rings.